The highest BCUT2D eigenvalue weighted by Gasteiger charge is 2.41. The van der Waals surface area contributed by atoms with Gasteiger partial charge in [-0.3, -0.25) is 14.5 Å². The molecule has 1 N–H and O–H groups in total. The number of benzene rings is 1. The third-order valence-electron chi connectivity index (χ3n) is 4.14. The van der Waals surface area contributed by atoms with Crippen LogP contribution in [0.5, 0.6) is 0 Å². The van der Waals surface area contributed by atoms with Crippen LogP contribution in [0.15, 0.2) is 24.3 Å². The molecule has 0 spiro atoms. The fourth-order valence-corrected chi connectivity index (χ4v) is 3.48. The Morgan fingerprint density at radius 3 is 2.58 bits per heavy atom. The minimum Gasteiger partial charge on any atom is -0.355 e. The summed E-state index contributed by atoms with van der Waals surface area (Å²) in [5.74, 6) is 1.17. The molecule has 0 unspecified atom stereocenters. The van der Waals surface area contributed by atoms with E-state index in [9.17, 15) is 14.4 Å². The summed E-state index contributed by atoms with van der Waals surface area (Å²) >= 11 is 1.75. The Hall–Kier alpha value is -2.02. The van der Waals surface area contributed by atoms with E-state index in [2.05, 4.69) is 24.4 Å². The molecule has 0 saturated carbocycles. The maximum Gasteiger partial charge on any atom is 0.326 e. The summed E-state index contributed by atoms with van der Waals surface area (Å²) in [7, 11) is 2.97. The first-order valence-electron chi connectivity index (χ1n) is 7.85. The van der Waals surface area contributed by atoms with Crippen molar-refractivity contribution in [2.45, 2.75) is 25.1 Å². The number of likely N-dealkylation sites (N-methyl/N-ethyl adjacent to an activating group) is 2. The van der Waals surface area contributed by atoms with Crippen molar-refractivity contribution in [2.24, 2.45) is 0 Å². The molecule has 24 heavy (non-hydrogen) atoms. The van der Waals surface area contributed by atoms with Crippen LogP contribution in [-0.2, 0) is 15.3 Å². The van der Waals surface area contributed by atoms with E-state index < -0.39 is 6.04 Å². The fourth-order valence-electron chi connectivity index (χ4n) is 2.54. The molecular weight excluding hydrogens is 326 g/mol. The maximum absolute atomic E-state index is 12.0. The molecule has 2 rings (SSSR count). The lowest BCUT2D eigenvalue weighted by atomic mass is 10.1. The molecule has 0 aliphatic carbocycles. The van der Waals surface area contributed by atoms with Gasteiger partial charge in [0.05, 0.1) is 6.42 Å². The second-order valence-corrected chi connectivity index (χ2v) is 6.94. The van der Waals surface area contributed by atoms with E-state index in [1.807, 2.05) is 12.1 Å². The summed E-state index contributed by atoms with van der Waals surface area (Å²) in [6, 6.07) is 7.18. The molecule has 1 aliphatic rings. The zero-order valence-electron chi connectivity index (χ0n) is 14.2. The Morgan fingerprint density at radius 1 is 1.25 bits per heavy atom. The van der Waals surface area contributed by atoms with Crippen molar-refractivity contribution in [3.8, 4) is 0 Å². The lowest BCUT2D eigenvalue weighted by Gasteiger charge is -2.15. The number of thioether (sulfide) groups is 1. The third-order valence-corrected chi connectivity index (χ3v) is 5.15. The molecule has 1 saturated heterocycles. The monoisotopic (exact) mass is 349 g/mol. The van der Waals surface area contributed by atoms with E-state index in [-0.39, 0.29) is 24.3 Å². The first kappa shape index (κ1) is 18.3. The first-order chi connectivity index (χ1) is 11.4. The normalized spacial score (nSPS) is 17.5. The molecule has 0 radical (unpaired) electrons. The van der Waals surface area contributed by atoms with Crippen LogP contribution in [-0.4, -0.2) is 60.1 Å². The van der Waals surface area contributed by atoms with Gasteiger partial charge in [-0.05, 0) is 18.1 Å². The van der Waals surface area contributed by atoms with Crippen LogP contribution >= 0.6 is 11.8 Å². The van der Waals surface area contributed by atoms with Crippen molar-refractivity contribution in [3.05, 3.63) is 35.4 Å². The van der Waals surface area contributed by atoms with E-state index in [0.29, 0.717) is 6.54 Å². The van der Waals surface area contributed by atoms with E-state index >= 15 is 0 Å². The Labute approximate surface area is 146 Å². The van der Waals surface area contributed by atoms with Crippen molar-refractivity contribution >= 4 is 29.6 Å². The van der Waals surface area contributed by atoms with Crippen LogP contribution in [0.3, 0.4) is 0 Å². The topological polar surface area (TPSA) is 69.7 Å². The summed E-state index contributed by atoms with van der Waals surface area (Å²) in [6.45, 7) is 2.63. The average molecular weight is 349 g/mol. The number of urea groups is 1. The molecule has 0 aromatic heterocycles. The quantitative estimate of drug-likeness (QED) is 0.600. The van der Waals surface area contributed by atoms with Crippen LogP contribution < -0.4 is 5.32 Å². The van der Waals surface area contributed by atoms with Crippen molar-refractivity contribution in [2.75, 3.05) is 26.4 Å². The molecule has 1 aromatic rings. The molecular formula is C17H23N3O3S. The molecule has 130 valence electrons. The summed E-state index contributed by atoms with van der Waals surface area (Å²) < 4.78 is 0. The van der Waals surface area contributed by atoms with E-state index in [1.165, 1.54) is 23.1 Å². The predicted octanol–water partition coefficient (Wildman–Crippen LogP) is 1.63. The van der Waals surface area contributed by atoms with Crippen molar-refractivity contribution < 1.29 is 14.4 Å². The SMILES string of the molecule is Cc1ccccc1CSCCNC(=O)C[C@@H]1C(=O)N(C)C(=O)N1C. The van der Waals surface area contributed by atoms with Gasteiger partial charge in [0, 0.05) is 32.1 Å². The van der Waals surface area contributed by atoms with Crippen LogP contribution in [0.4, 0.5) is 4.79 Å². The number of hydrogen-bond acceptors (Lipinski definition) is 4. The number of carbonyl (C=O) groups excluding carboxylic acids is 3. The number of amides is 4. The van der Waals surface area contributed by atoms with Gasteiger partial charge in [0.15, 0.2) is 0 Å². The highest BCUT2D eigenvalue weighted by atomic mass is 32.2. The molecule has 1 fully saturated rings. The molecule has 4 amide bonds. The van der Waals surface area contributed by atoms with E-state index in [4.69, 9.17) is 0 Å². The summed E-state index contributed by atoms with van der Waals surface area (Å²) in [4.78, 5) is 37.9. The van der Waals surface area contributed by atoms with Gasteiger partial charge >= 0.3 is 6.03 Å². The highest BCUT2D eigenvalue weighted by Crippen LogP contribution is 2.17. The van der Waals surface area contributed by atoms with Gasteiger partial charge in [0.1, 0.15) is 6.04 Å². The van der Waals surface area contributed by atoms with Gasteiger partial charge in [0.25, 0.3) is 5.91 Å². The second kappa shape index (κ2) is 8.19. The van der Waals surface area contributed by atoms with Gasteiger partial charge in [-0.2, -0.15) is 11.8 Å². The van der Waals surface area contributed by atoms with Gasteiger partial charge < -0.3 is 10.2 Å². The maximum atomic E-state index is 12.0. The van der Waals surface area contributed by atoms with Crippen LogP contribution in [0, 0.1) is 6.92 Å². The summed E-state index contributed by atoms with van der Waals surface area (Å²) in [5, 5.41) is 2.81. The first-order valence-corrected chi connectivity index (χ1v) is 9.00. The Balaban J connectivity index is 1.68. The number of imide groups is 1. The summed E-state index contributed by atoms with van der Waals surface area (Å²) in [5.41, 5.74) is 2.57. The fraction of sp³-hybridized carbons (Fsp3) is 0.471. The van der Waals surface area contributed by atoms with Gasteiger partial charge in [0.2, 0.25) is 5.91 Å². The zero-order chi connectivity index (χ0) is 17.7. The van der Waals surface area contributed by atoms with Gasteiger partial charge in [-0.15, -0.1) is 0 Å². The number of rotatable bonds is 7. The molecule has 1 atom stereocenters. The van der Waals surface area contributed by atoms with Crippen LogP contribution in [0.1, 0.15) is 17.5 Å². The standard InChI is InChI=1S/C17H23N3O3S/c1-12-6-4-5-7-13(12)11-24-9-8-18-15(21)10-14-16(22)20(3)17(23)19(14)2/h4-7,14H,8-11H2,1-3H3,(H,18,21)/t14-/m1/s1. The number of aryl methyl sites for hydroxylation is 1. The minimum atomic E-state index is -0.692. The van der Waals surface area contributed by atoms with Gasteiger partial charge in [-0.25, -0.2) is 4.79 Å². The molecule has 1 aromatic carbocycles. The minimum absolute atomic E-state index is 0.00781. The Bertz CT molecular complexity index is 635. The van der Waals surface area contributed by atoms with E-state index in [1.54, 1.807) is 18.8 Å². The largest absolute Gasteiger partial charge is 0.355 e. The number of carbonyl (C=O) groups is 3. The third kappa shape index (κ3) is 4.29. The van der Waals surface area contributed by atoms with Crippen LogP contribution in [0.25, 0.3) is 0 Å². The highest BCUT2D eigenvalue weighted by molar-refractivity contribution is 7.98. The predicted molar refractivity (Wildman–Crippen MR) is 94.7 cm³/mol. The smallest absolute Gasteiger partial charge is 0.326 e. The number of nitrogens with one attached hydrogen (secondary N) is 1. The van der Waals surface area contributed by atoms with Crippen molar-refractivity contribution in [3.63, 3.8) is 0 Å². The van der Waals surface area contributed by atoms with Crippen molar-refractivity contribution in [1.29, 1.82) is 0 Å². The molecule has 0 bridgehead atoms. The Morgan fingerprint density at radius 2 is 1.96 bits per heavy atom. The molecule has 6 nitrogen and oxygen atoms in total. The van der Waals surface area contributed by atoms with Gasteiger partial charge in [-0.1, -0.05) is 24.3 Å². The lowest BCUT2D eigenvalue weighted by molar-refractivity contribution is -0.131. The lowest BCUT2D eigenvalue weighted by Crippen LogP contribution is -2.38. The molecule has 1 aliphatic heterocycles. The summed E-state index contributed by atoms with van der Waals surface area (Å²) in [6.07, 6.45) is 0.00781. The number of nitrogens with zero attached hydrogens (tertiary/aromatic N) is 2. The number of hydrogen-bond donors (Lipinski definition) is 1. The second-order valence-electron chi connectivity index (χ2n) is 5.84. The average Bonchev–Trinajstić information content (AvgIpc) is 2.74. The molecule has 7 heteroatoms. The van der Waals surface area contributed by atoms with Crippen molar-refractivity contribution in [1.82, 2.24) is 15.1 Å². The zero-order valence-corrected chi connectivity index (χ0v) is 15.1. The Kier molecular flexibility index (Phi) is 6.25. The molecule has 1 heterocycles. The van der Waals surface area contributed by atoms with E-state index in [0.717, 1.165) is 16.4 Å². The van der Waals surface area contributed by atoms with Crippen LogP contribution in [0.2, 0.25) is 0 Å².